The lowest BCUT2D eigenvalue weighted by atomic mass is 9.78. The lowest BCUT2D eigenvalue weighted by molar-refractivity contribution is 0.453. The molecule has 3 heteroatoms. The Kier molecular flexibility index (Phi) is 13.6. The zero-order valence-electron chi connectivity index (χ0n) is 35.8. The Labute approximate surface area is 322 Å². The summed E-state index contributed by atoms with van der Waals surface area (Å²) in [4.78, 5) is 0. The van der Waals surface area contributed by atoms with Gasteiger partial charge in [0, 0.05) is 0 Å². The van der Waals surface area contributed by atoms with Crippen LogP contribution in [0, 0.1) is 6.92 Å². The third-order valence-corrected chi connectivity index (χ3v) is 11.6. The van der Waals surface area contributed by atoms with Crippen LogP contribution in [0.4, 0.5) is 0 Å². The topological polar surface area (TPSA) is 60.7 Å². The van der Waals surface area contributed by atoms with Gasteiger partial charge in [0.25, 0.3) is 0 Å². The zero-order valence-corrected chi connectivity index (χ0v) is 35.8. The van der Waals surface area contributed by atoms with Gasteiger partial charge in [0.05, 0.1) is 0 Å². The largest absolute Gasteiger partial charge is 0.507 e. The van der Waals surface area contributed by atoms with Crippen molar-refractivity contribution in [1.82, 2.24) is 0 Å². The fraction of sp³-hybridized carbons (Fsp3) is 0.520. The van der Waals surface area contributed by atoms with Gasteiger partial charge in [-0.1, -0.05) is 133 Å². The lowest BCUT2D eigenvalue weighted by Gasteiger charge is -2.27. The Morgan fingerprint density at radius 2 is 0.566 bits per heavy atom. The second-order valence-electron chi connectivity index (χ2n) is 17.6. The molecular weight excluding hydrogens is 649 g/mol. The van der Waals surface area contributed by atoms with E-state index in [0.29, 0.717) is 17.2 Å². The molecule has 0 aliphatic carbocycles. The minimum Gasteiger partial charge on any atom is -0.507 e. The lowest BCUT2D eigenvalue weighted by Crippen LogP contribution is -2.14. The van der Waals surface area contributed by atoms with Gasteiger partial charge in [-0.15, -0.1) is 0 Å². The molecule has 0 spiro atoms. The number of phenols is 3. The number of benzene rings is 4. The number of rotatable bonds is 14. The maximum absolute atomic E-state index is 11.3. The van der Waals surface area contributed by atoms with Crippen LogP contribution in [0.25, 0.3) is 0 Å². The van der Waals surface area contributed by atoms with Gasteiger partial charge in [0.1, 0.15) is 17.2 Å². The van der Waals surface area contributed by atoms with Gasteiger partial charge in [-0.2, -0.15) is 0 Å². The summed E-state index contributed by atoms with van der Waals surface area (Å²) in [6.07, 6.45) is 4.25. The summed E-state index contributed by atoms with van der Waals surface area (Å²) in [5.74, 6) is 2.62. The molecule has 4 aromatic carbocycles. The van der Waals surface area contributed by atoms with Crippen LogP contribution in [0.5, 0.6) is 17.2 Å². The molecule has 0 unspecified atom stereocenters. The first-order valence-electron chi connectivity index (χ1n) is 20.5. The molecule has 4 rings (SSSR count). The molecule has 3 nitrogen and oxygen atoms in total. The van der Waals surface area contributed by atoms with Crippen LogP contribution >= 0.6 is 0 Å². The summed E-state index contributed by atoms with van der Waals surface area (Å²) < 4.78 is 0. The second-order valence-corrected chi connectivity index (χ2v) is 17.6. The molecule has 53 heavy (non-hydrogen) atoms. The van der Waals surface area contributed by atoms with Crippen LogP contribution in [0.1, 0.15) is 216 Å². The predicted molar refractivity (Wildman–Crippen MR) is 227 cm³/mol. The molecule has 0 saturated carbocycles. The van der Waals surface area contributed by atoms with Crippen LogP contribution in [-0.2, 0) is 32.1 Å². The van der Waals surface area contributed by atoms with E-state index in [0.717, 1.165) is 65.5 Å². The number of aromatic hydroxyl groups is 3. The summed E-state index contributed by atoms with van der Waals surface area (Å²) in [6, 6.07) is 13.5. The average molecular weight is 719 g/mol. The molecule has 4 aromatic rings. The molecule has 0 atom stereocenters. The summed E-state index contributed by atoms with van der Waals surface area (Å²) in [6.45, 7) is 33.0. The number of phenolic OH excluding ortho intramolecular Hbond substituents is 3. The molecule has 0 bridgehead atoms. The molecule has 0 saturated heterocycles. The van der Waals surface area contributed by atoms with E-state index in [1.165, 1.54) is 50.1 Å². The van der Waals surface area contributed by atoms with Crippen molar-refractivity contribution in [2.24, 2.45) is 0 Å². The highest BCUT2D eigenvalue weighted by Crippen LogP contribution is 2.41. The first-order chi connectivity index (χ1) is 24.8. The molecule has 0 radical (unpaired) electrons. The third kappa shape index (κ3) is 8.82. The maximum Gasteiger partial charge on any atom is 0.122 e. The van der Waals surface area contributed by atoms with Crippen molar-refractivity contribution in [3.8, 4) is 17.2 Å². The van der Waals surface area contributed by atoms with E-state index >= 15 is 0 Å². The van der Waals surface area contributed by atoms with Crippen molar-refractivity contribution in [2.45, 2.75) is 171 Å². The van der Waals surface area contributed by atoms with E-state index in [2.05, 4.69) is 140 Å². The fourth-order valence-corrected chi connectivity index (χ4v) is 8.52. The van der Waals surface area contributed by atoms with Crippen LogP contribution in [-0.4, -0.2) is 15.3 Å². The van der Waals surface area contributed by atoms with E-state index in [4.69, 9.17) is 0 Å². The summed E-state index contributed by atoms with van der Waals surface area (Å²) in [7, 11) is 0. The van der Waals surface area contributed by atoms with Crippen molar-refractivity contribution >= 4 is 0 Å². The molecule has 288 valence electrons. The Morgan fingerprint density at radius 1 is 0.358 bits per heavy atom. The quantitative estimate of drug-likeness (QED) is 0.122. The number of hydrogen-bond acceptors (Lipinski definition) is 3. The first kappa shape index (κ1) is 42.0. The van der Waals surface area contributed by atoms with Crippen molar-refractivity contribution in [3.05, 3.63) is 120 Å². The average Bonchev–Trinajstić information content (AvgIpc) is 3.07. The smallest absolute Gasteiger partial charge is 0.122 e. The van der Waals surface area contributed by atoms with Gasteiger partial charge in [-0.05, 0) is 158 Å². The van der Waals surface area contributed by atoms with Gasteiger partial charge in [-0.25, -0.2) is 0 Å². The SMILES string of the molecule is CCc1c(Cc2cc(C(C)C)c(O)c(C(C)C)c2)c(C)c(Cc2cc(C(C)C)c(O)c(C(C)C)c2)c(CC)c1Cc1cc(C(C)C)c(O)c(C(C)C)c1. The molecule has 0 aromatic heterocycles. The normalized spacial score (nSPS) is 12.2. The zero-order chi connectivity index (χ0) is 39.6. The molecule has 0 aliphatic rings. The third-order valence-electron chi connectivity index (χ3n) is 11.6. The molecule has 0 heterocycles. The molecule has 3 N–H and O–H groups in total. The first-order valence-corrected chi connectivity index (χ1v) is 20.5. The standard InChI is InChI=1S/C50H70O3/c1-16-37-45(24-34-18-39(27(3)4)48(51)40(19-34)28(5)6)33(15)46(25-35-20-41(29(7)8)49(52)42(21-35)30(9)10)38(17-2)47(37)26-36-22-43(31(11)12)50(53)44(23-36)32(13)14/h18-23,27-32,51-53H,16-17,24-26H2,1-15H3. The van der Waals surface area contributed by atoms with Crippen LogP contribution in [0.2, 0.25) is 0 Å². The maximum atomic E-state index is 11.3. The van der Waals surface area contributed by atoms with Crippen molar-refractivity contribution in [3.63, 3.8) is 0 Å². The molecule has 0 fully saturated rings. The van der Waals surface area contributed by atoms with Gasteiger partial charge < -0.3 is 15.3 Å². The summed E-state index contributed by atoms with van der Waals surface area (Å²) >= 11 is 0. The minimum atomic E-state index is 0.215. The minimum absolute atomic E-state index is 0.215. The Bertz CT molecular complexity index is 1730. The van der Waals surface area contributed by atoms with E-state index in [1.807, 2.05) is 0 Å². The van der Waals surface area contributed by atoms with Crippen LogP contribution < -0.4 is 0 Å². The Balaban J connectivity index is 2.08. The highest BCUT2D eigenvalue weighted by Gasteiger charge is 2.25. The predicted octanol–water partition coefficient (Wildman–Crippen LogP) is 13.7. The van der Waals surface area contributed by atoms with Gasteiger partial charge in [-0.3, -0.25) is 0 Å². The van der Waals surface area contributed by atoms with E-state index in [9.17, 15) is 15.3 Å². The highest BCUT2D eigenvalue weighted by atomic mass is 16.3. The van der Waals surface area contributed by atoms with Crippen molar-refractivity contribution in [1.29, 1.82) is 0 Å². The molecular formula is C50H70O3. The van der Waals surface area contributed by atoms with Crippen LogP contribution in [0.15, 0.2) is 36.4 Å². The van der Waals surface area contributed by atoms with Crippen molar-refractivity contribution < 1.29 is 15.3 Å². The molecule has 0 amide bonds. The Hall–Kier alpha value is -3.72. The van der Waals surface area contributed by atoms with Crippen molar-refractivity contribution in [2.75, 3.05) is 0 Å². The summed E-state index contributed by atoms with van der Waals surface area (Å²) in [5.41, 5.74) is 18.3. The van der Waals surface area contributed by atoms with Crippen LogP contribution in [0.3, 0.4) is 0 Å². The van der Waals surface area contributed by atoms with E-state index < -0.39 is 0 Å². The van der Waals surface area contributed by atoms with Gasteiger partial charge in [0.15, 0.2) is 0 Å². The Morgan fingerprint density at radius 3 is 0.755 bits per heavy atom. The second kappa shape index (κ2) is 17.2. The molecule has 0 aliphatic heterocycles. The van der Waals surface area contributed by atoms with Gasteiger partial charge >= 0.3 is 0 Å². The monoisotopic (exact) mass is 719 g/mol. The van der Waals surface area contributed by atoms with E-state index in [-0.39, 0.29) is 35.5 Å². The van der Waals surface area contributed by atoms with E-state index in [1.54, 1.807) is 0 Å². The van der Waals surface area contributed by atoms with Gasteiger partial charge in [0.2, 0.25) is 0 Å². The fourth-order valence-electron chi connectivity index (χ4n) is 8.52. The number of hydrogen-bond donors (Lipinski definition) is 3. The highest BCUT2D eigenvalue weighted by molar-refractivity contribution is 5.59. The summed E-state index contributed by atoms with van der Waals surface area (Å²) in [5, 5.41) is 33.9.